The Bertz CT molecular complexity index is 1290. The second-order valence-corrected chi connectivity index (χ2v) is 7.67. The molecule has 1 N–H and O–H groups in total. The zero-order valence-corrected chi connectivity index (χ0v) is 18.3. The fraction of sp³-hybridized carbons (Fsp3) is 0.200. The first kappa shape index (κ1) is 21.2. The maximum absolute atomic E-state index is 13.1. The zero-order chi connectivity index (χ0) is 22.8. The van der Waals surface area contributed by atoms with Crippen LogP contribution in [0.4, 0.5) is 5.69 Å². The van der Waals surface area contributed by atoms with Gasteiger partial charge < -0.3 is 14.6 Å². The molecule has 4 rings (SSSR count). The van der Waals surface area contributed by atoms with E-state index in [1.807, 2.05) is 62.4 Å². The SMILES string of the molecule is Cc1cccc(C)c1NC(=O)C(C)OC(=O)c1cc(-c2ccccc2)nc2onc(C)c12. The van der Waals surface area contributed by atoms with Gasteiger partial charge in [-0.25, -0.2) is 9.78 Å². The van der Waals surface area contributed by atoms with Gasteiger partial charge in [-0.15, -0.1) is 0 Å². The van der Waals surface area contributed by atoms with Crippen LogP contribution in [0, 0.1) is 20.8 Å². The van der Waals surface area contributed by atoms with E-state index in [-0.39, 0.29) is 11.3 Å². The van der Waals surface area contributed by atoms with Crippen LogP contribution in [0.1, 0.15) is 34.1 Å². The predicted octanol–water partition coefficient (Wildman–Crippen LogP) is 5.00. The lowest BCUT2D eigenvalue weighted by atomic mass is 10.1. The zero-order valence-electron chi connectivity index (χ0n) is 18.3. The normalized spacial score (nSPS) is 11.9. The number of nitrogens with zero attached hydrogens (tertiary/aromatic N) is 2. The van der Waals surface area contributed by atoms with Crippen molar-refractivity contribution in [1.29, 1.82) is 0 Å². The van der Waals surface area contributed by atoms with E-state index in [0.29, 0.717) is 22.5 Å². The number of ether oxygens (including phenoxy) is 1. The van der Waals surface area contributed by atoms with Crippen LogP contribution in [0.25, 0.3) is 22.4 Å². The molecule has 2 heterocycles. The van der Waals surface area contributed by atoms with Crippen LogP contribution in [0.15, 0.2) is 59.1 Å². The largest absolute Gasteiger partial charge is 0.449 e. The summed E-state index contributed by atoms with van der Waals surface area (Å²) in [7, 11) is 0. The van der Waals surface area contributed by atoms with E-state index in [1.54, 1.807) is 13.0 Å². The first-order valence-corrected chi connectivity index (χ1v) is 10.3. The molecule has 0 fully saturated rings. The second kappa shape index (κ2) is 8.63. The maximum atomic E-state index is 13.1. The molecule has 162 valence electrons. The molecule has 0 aliphatic heterocycles. The van der Waals surface area contributed by atoms with Crippen molar-refractivity contribution >= 4 is 28.7 Å². The van der Waals surface area contributed by atoms with Crippen molar-refractivity contribution in [3.8, 4) is 11.3 Å². The van der Waals surface area contributed by atoms with Gasteiger partial charge in [-0.1, -0.05) is 53.7 Å². The molecule has 0 saturated carbocycles. The van der Waals surface area contributed by atoms with Crippen molar-refractivity contribution in [2.75, 3.05) is 5.32 Å². The molecule has 4 aromatic rings. The van der Waals surface area contributed by atoms with Crippen LogP contribution in [0.5, 0.6) is 0 Å². The summed E-state index contributed by atoms with van der Waals surface area (Å²) in [6.45, 7) is 7.08. The number of carbonyl (C=O) groups is 2. The Morgan fingerprint density at radius 1 is 1.00 bits per heavy atom. The van der Waals surface area contributed by atoms with Crippen molar-refractivity contribution in [3.05, 3.63) is 77.0 Å². The summed E-state index contributed by atoms with van der Waals surface area (Å²) in [5, 5.41) is 7.26. The molecule has 0 bridgehead atoms. The van der Waals surface area contributed by atoms with Crippen molar-refractivity contribution in [1.82, 2.24) is 10.1 Å². The monoisotopic (exact) mass is 429 g/mol. The van der Waals surface area contributed by atoms with Gasteiger partial charge in [0, 0.05) is 11.3 Å². The number of amides is 1. The first-order valence-electron chi connectivity index (χ1n) is 10.3. The number of hydrogen-bond acceptors (Lipinski definition) is 6. The molecular weight excluding hydrogens is 406 g/mol. The summed E-state index contributed by atoms with van der Waals surface area (Å²) in [6, 6.07) is 16.8. The van der Waals surface area contributed by atoms with Crippen LogP contribution >= 0.6 is 0 Å². The van der Waals surface area contributed by atoms with Gasteiger partial charge >= 0.3 is 5.97 Å². The van der Waals surface area contributed by atoms with Crippen LogP contribution in [-0.2, 0) is 9.53 Å². The highest BCUT2D eigenvalue weighted by molar-refractivity contribution is 6.05. The summed E-state index contributed by atoms with van der Waals surface area (Å²) in [4.78, 5) is 30.3. The average molecular weight is 429 g/mol. The van der Waals surface area contributed by atoms with Crippen LogP contribution in [0.2, 0.25) is 0 Å². The summed E-state index contributed by atoms with van der Waals surface area (Å²) >= 11 is 0. The lowest BCUT2D eigenvalue weighted by Crippen LogP contribution is -2.30. The molecule has 1 amide bonds. The number of anilines is 1. The van der Waals surface area contributed by atoms with Gasteiger partial charge in [0.05, 0.1) is 22.3 Å². The Morgan fingerprint density at radius 2 is 1.69 bits per heavy atom. The molecule has 0 saturated heterocycles. The Hall–Kier alpha value is -4.00. The smallest absolute Gasteiger partial charge is 0.339 e. The van der Waals surface area contributed by atoms with Gasteiger partial charge in [-0.05, 0) is 44.9 Å². The molecule has 2 aromatic heterocycles. The van der Waals surface area contributed by atoms with E-state index in [0.717, 1.165) is 16.7 Å². The molecular formula is C25H23N3O4. The van der Waals surface area contributed by atoms with Gasteiger partial charge in [-0.2, -0.15) is 0 Å². The number of aryl methyl sites for hydroxylation is 3. The van der Waals surface area contributed by atoms with Gasteiger partial charge in [0.2, 0.25) is 0 Å². The van der Waals surface area contributed by atoms with Crippen molar-refractivity contribution in [2.24, 2.45) is 0 Å². The van der Waals surface area contributed by atoms with E-state index in [9.17, 15) is 9.59 Å². The second-order valence-electron chi connectivity index (χ2n) is 7.67. The number of fused-ring (bicyclic) bond motifs is 1. The first-order chi connectivity index (χ1) is 15.3. The molecule has 0 aliphatic rings. The van der Waals surface area contributed by atoms with Crippen molar-refractivity contribution < 1.29 is 18.8 Å². The molecule has 0 radical (unpaired) electrons. The number of nitrogens with one attached hydrogen (secondary N) is 1. The third-order valence-corrected chi connectivity index (χ3v) is 5.29. The summed E-state index contributed by atoms with van der Waals surface area (Å²) in [5.74, 6) is -1.06. The van der Waals surface area contributed by atoms with Crippen LogP contribution < -0.4 is 5.32 Å². The van der Waals surface area contributed by atoms with Crippen LogP contribution in [-0.4, -0.2) is 28.1 Å². The molecule has 7 heteroatoms. The third-order valence-electron chi connectivity index (χ3n) is 5.29. The van der Waals surface area contributed by atoms with Gasteiger partial charge in [0.1, 0.15) is 0 Å². The fourth-order valence-corrected chi connectivity index (χ4v) is 3.53. The van der Waals surface area contributed by atoms with Gasteiger partial charge in [0.25, 0.3) is 11.6 Å². The number of benzene rings is 2. The highest BCUT2D eigenvalue weighted by atomic mass is 16.5. The van der Waals surface area contributed by atoms with E-state index < -0.39 is 18.0 Å². The summed E-state index contributed by atoms with van der Waals surface area (Å²) in [6.07, 6.45) is -1.01. The molecule has 0 spiro atoms. The van der Waals surface area contributed by atoms with Crippen molar-refractivity contribution in [3.63, 3.8) is 0 Å². The number of pyridine rings is 1. The number of esters is 1. The number of para-hydroxylation sites is 1. The Kier molecular flexibility index (Phi) is 5.73. The minimum absolute atomic E-state index is 0.239. The molecule has 2 aromatic carbocycles. The highest BCUT2D eigenvalue weighted by Gasteiger charge is 2.25. The van der Waals surface area contributed by atoms with E-state index >= 15 is 0 Å². The standard InChI is InChI=1S/C25H23N3O4/c1-14-9-8-10-15(2)22(14)27-23(29)17(4)31-25(30)19-13-20(18-11-6-5-7-12-18)26-24-21(19)16(3)28-32-24/h5-13,17H,1-4H3,(H,27,29). The lowest BCUT2D eigenvalue weighted by molar-refractivity contribution is -0.123. The van der Waals surface area contributed by atoms with E-state index in [4.69, 9.17) is 9.26 Å². The minimum atomic E-state index is -1.01. The fourth-order valence-electron chi connectivity index (χ4n) is 3.53. The molecule has 1 atom stereocenters. The third kappa shape index (κ3) is 4.09. The highest BCUT2D eigenvalue weighted by Crippen LogP contribution is 2.28. The van der Waals surface area contributed by atoms with Crippen molar-refractivity contribution in [2.45, 2.75) is 33.8 Å². The maximum Gasteiger partial charge on any atom is 0.339 e. The molecule has 0 aliphatic carbocycles. The summed E-state index contributed by atoms with van der Waals surface area (Å²) < 4.78 is 10.8. The quantitative estimate of drug-likeness (QED) is 0.449. The Morgan fingerprint density at radius 3 is 2.38 bits per heavy atom. The van der Waals surface area contributed by atoms with Gasteiger partial charge in [-0.3, -0.25) is 4.79 Å². The summed E-state index contributed by atoms with van der Waals surface area (Å²) in [5.41, 5.74) is 4.95. The number of carbonyl (C=O) groups excluding carboxylic acids is 2. The average Bonchev–Trinajstić information content (AvgIpc) is 3.17. The van der Waals surface area contributed by atoms with E-state index in [1.165, 1.54) is 6.92 Å². The van der Waals surface area contributed by atoms with Gasteiger partial charge in [0.15, 0.2) is 6.10 Å². The number of rotatable bonds is 5. The van der Waals surface area contributed by atoms with Crippen LogP contribution in [0.3, 0.4) is 0 Å². The minimum Gasteiger partial charge on any atom is -0.449 e. The molecule has 7 nitrogen and oxygen atoms in total. The predicted molar refractivity (Wildman–Crippen MR) is 121 cm³/mol. The molecule has 32 heavy (non-hydrogen) atoms. The van der Waals surface area contributed by atoms with E-state index in [2.05, 4.69) is 15.5 Å². The number of aromatic nitrogens is 2. The Labute approximate surface area is 185 Å². The lowest BCUT2D eigenvalue weighted by Gasteiger charge is -2.16. The number of hydrogen-bond donors (Lipinski definition) is 1. The Balaban J connectivity index is 1.62. The molecule has 1 unspecified atom stereocenters. The topological polar surface area (TPSA) is 94.3 Å².